The van der Waals surface area contributed by atoms with Crippen LogP contribution in [-0.2, 0) is 4.79 Å². The second kappa shape index (κ2) is 5.75. The molecule has 5 N–H and O–H groups in total. The first-order valence-electron chi connectivity index (χ1n) is 5.01. The van der Waals surface area contributed by atoms with Gasteiger partial charge in [0.25, 0.3) is 5.91 Å². The van der Waals surface area contributed by atoms with Crippen molar-refractivity contribution in [2.75, 3.05) is 12.3 Å². The molecule has 0 atom stereocenters. The third-order valence-corrected chi connectivity index (χ3v) is 2.03. The zero-order valence-corrected chi connectivity index (χ0v) is 8.90. The molecule has 0 saturated carbocycles. The monoisotopic (exact) mass is 221 g/mol. The number of nitrogens with one attached hydrogen (secondary N) is 1. The fourth-order valence-electron chi connectivity index (χ4n) is 1.25. The Bertz CT molecular complexity index is 391. The van der Waals surface area contributed by atoms with Crippen molar-refractivity contribution in [2.45, 2.75) is 12.8 Å². The first kappa shape index (κ1) is 12.0. The van der Waals surface area contributed by atoms with Gasteiger partial charge in [-0.25, -0.2) is 0 Å². The lowest BCUT2D eigenvalue weighted by Crippen LogP contribution is -2.25. The predicted molar refractivity (Wildman–Crippen MR) is 61.6 cm³/mol. The third-order valence-electron chi connectivity index (χ3n) is 2.03. The number of hydrogen-bond acceptors (Lipinski definition) is 3. The van der Waals surface area contributed by atoms with Crippen LogP contribution in [0, 0.1) is 0 Å². The Morgan fingerprint density at radius 3 is 2.69 bits per heavy atom. The van der Waals surface area contributed by atoms with Gasteiger partial charge < -0.3 is 16.8 Å². The molecule has 1 aromatic carbocycles. The van der Waals surface area contributed by atoms with E-state index >= 15 is 0 Å². The van der Waals surface area contributed by atoms with Crippen LogP contribution >= 0.6 is 0 Å². The summed E-state index contributed by atoms with van der Waals surface area (Å²) in [4.78, 5) is 22.0. The fourth-order valence-corrected chi connectivity index (χ4v) is 1.25. The largest absolute Gasteiger partial charge is 0.399 e. The number of nitrogen functional groups attached to an aromatic ring is 1. The predicted octanol–water partition coefficient (Wildman–Crippen LogP) is 0.264. The molecule has 0 aromatic heterocycles. The molecule has 16 heavy (non-hydrogen) atoms. The van der Waals surface area contributed by atoms with Crippen LogP contribution in [0.15, 0.2) is 24.3 Å². The molecule has 0 aliphatic rings. The average Bonchev–Trinajstić information content (AvgIpc) is 2.24. The molecule has 0 saturated heterocycles. The van der Waals surface area contributed by atoms with Crippen LogP contribution < -0.4 is 16.8 Å². The van der Waals surface area contributed by atoms with Crippen LogP contribution in [0.1, 0.15) is 23.2 Å². The smallest absolute Gasteiger partial charge is 0.251 e. The zero-order chi connectivity index (χ0) is 12.0. The summed E-state index contributed by atoms with van der Waals surface area (Å²) >= 11 is 0. The van der Waals surface area contributed by atoms with E-state index in [1.165, 1.54) is 0 Å². The maximum Gasteiger partial charge on any atom is 0.251 e. The van der Waals surface area contributed by atoms with Gasteiger partial charge >= 0.3 is 0 Å². The minimum Gasteiger partial charge on any atom is -0.399 e. The minimum absolute atomic E-state index is 0.197. The van der Waals surface area contributed by atoms with E-state index in [0.29, 0.717) is 24.2 Å². The number of anilines is 1. The molecule has 1 rings (SSSR count). The molecule has 5 heteroatoms. The third kappa shape index (κ3) is 4.00. The Kier molecular flexibility index (Phi) is 4.32. The summed E-state index contributed by atoms with van der Waals surface area (Å²) in [6, 6.07) is 6.71. The van der Waals surface area contributed by atoms with E-state index < -0.39 is 0 Å². The van der Waals surface area contributed by atoms with Crippen LogP contribution in [0.4, 0.5) is 5.69 Å². The van der Waals surface area contributed by atoms with Crippen molar-refractivity contribution in [3.63, 3.8) is 0 Å². The number of carbonyl (C=O) groups excluding carboxylic acids is 2. The SMILES string of the molecule is NC(=O)CCCNC(=O)c1cccc(N)c1. The van der Waals surface area contributed by atoms with E-state index in [1.54, 1.807) is 24.3 Å². The van der Waals surface area contributed by atoms with E-state index in [9.17, 15) is 9.59 Å². The number of rotatable bonds is 5. The minimum atomic E-state index is -0.363. The lowest BCUT2D eigenvalue weighted by Gasteiger charge is -2.04. The van der Waals surface area contributed by atoms with Crippen molar-refractivity contribution in [1.82, 2.24) is 5.32 Å². The molecule has 0 aliphatic heterocycles. The van der Waals surface area contributed by atoms with Crippen LogP contribution in [0.5, 0.6) is 0 Å². The first-order chi connectivity index (χ1) is 7.59. The second-order valence-corrected chi connectivity index (χ2v) is 3.45. The Labute approximate surface area is 93.8 Å². The van der Waals surface area contributed by atoms with Gasteiger partial charge in [0.1, 0.15) is 0 Å². The molecule has 0 aliphatic carbocycles. The number of hydrogen-bond donors (Lipinski definition) is 3. The van der Waals surface area contributed by atoms with Crippen molar-refractivity contribution < 1.29 is 9.59 Å². The molecular weight excluding hydrogens is 206 g/mol. The van der Waals surface area contributed by atoms with E-state index in [2.05, 4.69) is 5.32 Å². The molecule has 0 heterocycles. The van der Waals surface area contributed by atoms with Crippen molar-refractivity contribution in [2.24, 2.45) is 5.73 Å². The highest BCUT2D eigenvalue weighted by Gasteiger charge is 2.04. The molecule has 5 nitrogen and oxygen atoms in total. The van der Waals surface area contributed by atoms with Gasteiger partial charge in [-0.3, -0.25) is 9.59 Å². The van der Waals surface area contributed by atoms with Gasteiger partial charge in [0.15, 0.2) is 0 Å². The van der Waals surface area contributed by atoms with E-state index in [-0.39, 0.29) is 18.2 Å². The van der Waals surface area contributed by atoms with Gasteiger partial charge in [-0.1, -0.05) is 6.07 Å². The van der Waals surface area contributed by atoms with E-state index in [4.69, 9.17) is 11.5 Å². The normalized spacial score (nSPS) is 9.75. The number of benzene rings is 1. The zero-order valence-electron chi connectivity index (χ0n) is 8.90. The number of primary amides is 1. The Balaban J connectivity index is 2.38. The van der Waals surface area contributed by atoms with Crippen LogP contribution in [0.25, 0.3) is 0 Å². The van der Waals surface area contributed by atoms with Gasteiger partial charge in [-0.15, -0.1) is 0 Å². The molecule has 0 fully saturated rings. The Hall–Kier alpha value is -2.04. The molecule has 0 radical (unpaired) electrons. The van der Waals surface area contributed by atoms with Gasteiger partial charge in [-0.2, -0.15) is 0 Å². The fraction of sp³-hybridized carbons (Fsp3) is 0.273. The summed E-state index contributed by atoms with van der Waals surface area (Å²) in [5.74, 6) is -0.560. The van der Waals surface area contributed by atoms with Crippen LogP contribution in [-0.4, -0.2) is 18.4 Å². The van der Waals surface area contributed by atoms with Crippen LogP contribution in [0.2, 0.25) is 0 Å². The highest BCUT2D eigenvalue weighted by atomic mass is 16.2. The summed E-state index contributed by atoms with van der Waals surface area (Å²) in [5.41, 5.74) is 11.6. The van der Waals surface area contributed by atoms with Gasteiger partial charge in [0, 0.05) is 24.2 Å². The van der Waals surface area contributed by atoms with Crippen molar-refractivity contribution >= 4 is 17.5 Å². The molecule has 0 spiro atoms. The number of nitrogens with two attached hydrogens (primary N) is 2. The Morgan fingerprint density at radius 1 is 1.31 bits per heavy atom. The Morgan fingerprint density at radius 2 is 2.06 bits per heavy atom. The summed E-state index contributed by atoms with van der Waals surface area (Å²) in [5, 5.41) is 2.68. The standard InChI is InChI=1S/C11H15N3O2/c12-9-4-1-3-8(7-9)11(16)14-6-2-5-10(13)15/h1,3-4,7H,2,5-6,12H2,(H2,13,15)(H,14,16). The van der Waals surface area contributed by atoms with E-state index in [1.807, 2.05) is 0 Å². The number of amides is 2. The van der Waals surface area contributed by atoms with Crippen LogP contribution in [0.3, 0.4) is 0 Å². The summed E-state index contributed by atoms with van der Waals surface area (Å²) in [7, 11) is 0. The van der Waals surface area contributed by atoms with Gasteiger partial charge in [0.2, 0.25) is 5.91 Å². The number of carbonyl (C=O) groups is 2. The second-order valence-electron chi connectivity index (χ2n) is 3.45. The van der Waals surface area contributed by atoms with E-state index in [0.717, 1.165) is 0 Å². The summed E-state index contributed by atoms with van der Waals surface area (Å²) < 4.78 is 0. The van der Waals surface area contributed by atoms with Crippen molar-refractivity contribution in [1.29, 1.82) is 0 Å². The maximum atomic E-state index is 11.6. The quantitative estimate of drug-likeness (QED) is 0.491. The van der Waals surface area contributed by atoms with Gasteiger partial charge in [-0.05, 0) is 24.6 Å². The highest BCUT2D eigenvalue weighted by molar-refractivity contribution is 5.94. The average molecular weight is 221 g/mol. The molecule has 86 valence electrons. The highest BCUT2D eigenvalue weighted by Crippen LogP contribution is 2.05. The maximum absolute atomic E-state index is 11.6. The summed E-state index contributed by atoms with van der Waals surface area (Å²) in [6.07, 6.45) is 0.820. The first-order valence-corrected chi connectivity index (χ1v) is 5.01. The molecular formula is C11H15N3O2. The lowest BCUT2D eigenvalue weighted by molar-refractivity contribution is -0.118. The van der Waals surface area contributed by atoms with Gasteiger partial charge in [0.05, 0.1) is 0 Å². The lowest BCUT2D eigenvalue weighted by atomic mass is 10.2. The summed E-state index contributed by atoms with van der Waals surface area (Å²) in [6.45, 7) is 0.427. The van der Waals surface area contributed by atoms with Crippen molar-refractivity contribution in [3.8, 4) is 0 Å². The molecule has 1 aromatic rings. The molecule has 0 bridgehead atoms. The van der Waals surface area contributed by atoms with Crippen molar-refractivity contribution in [3.05, 3.63) is 29.8 Å². The topological polar surface area (TPSA) is 98.2 Å². The molecule has 2 amide bonds. The molecule has 0 unspecified atom stereocenters.